The van der Waals surface area contributed by atoms with E-state index in [-0.39, 0.29) is 5.54 Å². The standard InChI is InChI=1S/C12H18ClNS/c13-10-12(5-2-1-3-6-12)14-8-11-4-7-15-9-11/h4,7,9,14H,1-3,5-6,8,10H2. The minimum absolute atomic E-state index is 0.210. The van der Waals surface area contributed by atoms with E-state index in [0.29, 0.717) is 0 Å². The van der Waals surface area contributed by atoms with Gasteiger partial charge in [0.15, 0.2) is 0 Å². The maximum Gasteiger partial charge on any atom is 0.0406 e. The predicted molar refractivity (Wildman–Crippen MR) is 67.7 cm³/mol. The van der Waals surface area contributed by atoms with Crippen molar-refractivity contribution in [2.75, 3.05) is 5.88 Å². The second kappa shape index (κ2) is 5.33. The molecule has 1 aromatic heterocycles. The Kier molecular flexibility index (Phi) is 4.06. The summed E-state index contributed by atoms with van der Waals surface area (Å²) >= 11 is 7.88. The molecule has 1 aliphatic carbocycles. The first-order valence-corrected chi connectivity index (χ1v) is 7.14. The van der Waals surface area contributed by atoms with Gasteiger partial charge in [-0.3, -0.25) is 0 Å². The average molecular weight is 244 g/mol. The highest BCUT2D eigenvalue weighted by Crippen LogP contribution is 2.29. The smallest absolute Gasteiger partial charge is 0.0406 e. The normalized spacial score (nSPS) is 20.3. The van der Waals surface area contributed by atoms with Gasteiger partial charge in [-0.25, -0.2) is 0 Å². The lowest BCUT2D eigenvalue weighted by Crippen LogP contribution is -2.47. The Morgan fingerprint density at radius 1 is 1.33 bits per heavy atom. The van der Waals surface area contributed by atoms with Gasteiger partial charge in [0, 0.05) is 18.0 Å². The predicted octanol–water partition coefficient (Wildman–Crippen LogP) is 3.78. The molecular formula is C12H18ClNS. The molecule has 0 spiro atoms. The van der Waals surface area contributed by atoms with E-state index in [1.165, 1.54) is 37.7 Å². The number of rotatable bonds is 4. The molecule has 0 aromatic carbocycles. The lowest BCUT2D eigenvalue weighted by Gasteiger charge is -2.36. The fraction of sp³-hybridized carbons (Fsp3) is 0.667. The molecule has 0 radical (unpaired) electrons. The molecular weight excluding hydrogens is 226 g/mol. The summed E-state index contributed by atoms with van der Waals surface area (Å²) in [5.74, 6) is 0.747. The number of halogens is 1. The zero-order chi connectivity index (χ0) is 10.6. The van der Waals surface area contributed by atoms with Crippen LogP contribution in [0.3, 0.4) is 0 Å². The molecule has 1 aromatic rings. The van der Waals surface area contributed by atoms with E-state index in [1.807, 2.05) is 0 Å². The number of hydrogen-bond donors (Lipinski definition) is 1. The molecule has 0 aliphatic heterocycles. The maximum atomic E-state index is 6.12. The van der Waals surface area contributed by atoms with E-state index in [4.69, 9.17) is 11.6 Å². The first-order valence-electron chi connectivity index (χ1n) is 5.67. The van der Waals surface area contributed by atoms with Crippen molar-refractivity contribution in [3.63, 3.8) is 0 Å². The number of hydrogen-bond acceptors (Lipinski definition) is 2. The van der Waals surface area contributed by atoms with E-state index in [1.54, 1.807) is 11.3 Å². The molecule has 0 atom stereocenters. The summed E-state index contributed by atoms with van der Waals surface area (Å²) in [7, 11) is 0. The highest BCUT2D eigenvalue weighted by molar-refractivity contribution is 7.07. The lowest BCUT2D eigenvalue weighted by molar-refractivity contribution is 0.256. The molecule has 1 fully saturated rings. The van der Waals surface area contributed by atoms with Crippen LogP contribution in [0, 0.1) is 0 Å². The van der Waals surface area contributed by atoms with Gasteiger partial charge in [0.05, 0.1) is 0 Å². The summed E-state index contributed by atoms with van der Waals surface area (Å²) in [6.07, 6.45) is 6.49. The molecule has 84 valence electrons. The molecule has 0 amide bonds. The van der Waals surface area contributed by atoms with Crippen LogP contribution in [0.4, 0.5) is 0 Å². The van der Waals surface area contributed by atoms with Gasteiger partial charge in [-0.05, 0) is 35.2 Å². The summed E-state index contributed by atoms with van der Waals surface area (Å²) in [5.41, 5.74) is 1.59. The Morgan fingerprint density at radius 2 is 2.13 bits per heavy atom. The van der Waals surface area contributed by atoms with Crippen LogP contribution in [0.1, 0.15) is 37.7 Å². The Labute approximate surface area is 101 Å². The van der Waals surface area contributed by atoms with Crippen LogP contribution < -0.4 is 5.32 Å². The van der Waals surface area contributed by atoms with Crippen molar-refractivity contribution in [1.29, 1.82) is 0 Å². The van der Waals surface area contributed by atoms with E-state index in [0.717, 1.165) is 12.4 Å². The van der Waals surface area contributed by atoms with Crippen LogP contribution >= 0.6 is 22.9 Å². The summed E-state index contributed by atoms with van der Waals surface area (Å²) in [4.78, 5) is 0. The molecule has 1 saturated carbocycles. The Hall–Kier alpha value is -0.0500. The molecule has 1 aliphatic rings. The van der Waals surface area contributed by atoms with Gasteiger partial charge in [0.25, 0.3) is 0 Å². The average Bonchev–Trinajstić information content (AvgIpc) is 2.81. The zero-order valence-corrected chi connectivity index (χ0v) is 10.5. The van der Waals surface area contributed by atoms with Crippen molar-refractivity contribution in [3.05, 3.63) is 22.4 Å². The number of thiophene rings is 1. The topological polar surface area (TPSA) is 12.0 Å². The molecule has 3 heteroatoms. The molecule has 0 saturated heterocycles. The fourth-order valence-corrected chi connectivity index (χ4v) is 3.30. The van der Waals surface area contributed by atoms with Crippen LogP contribution in [-0.4, -0.2) is 11.4 Å². The largest absolute Gasteiger partial charge is 0.306 e. The zero-order valence-electron chi connectivity index (χ0n) is 8.97. The summed E-state index contributed by atoms with van der Waals surface area (Å²) < 4.78 is 0. The third kappa shape index (κ3) is 2.96. The third-order valence-corrected chi connectivity index (χ3v) is 4.56. The van der Waals surface area contributed by atoms with Gasteiger partial charge in [0.1, 0.15) is 0 Å². The van der Waals surface area contributed by atoms with Gasteiger partial charge in [-0.1, -0.05) is 19.3 Å². The van der Waals surface area contributed by atoms with Gasteiger partial charge in [-0.15, -0.1) is 11.6 Å². The highest BCUT2D eigenvalue weighted by atomic mass is 35.5. The van der Waals surface area contributed by atoms with Gasteiger partial charge in [0.2, 0.25) is 0 Å². The molecule has 2 rings (SSSR count). The quantitative estimate of drug-likeness (QED) is 0.794. The first kappa shape index (κ1) is 11.4. The van der Waals surface area contributed by atoms with Crippen molar-refractivity contribution < 1.29 is 0 Å². The second-order valence-electron chi connectivity index (χ2n) is 4.46. The molecule has 0 unspecified atom stereocenters. The van der Waals surface area contributed by atoms with E-state index in [2.05, 4.69) is 22.1 Å². The lowest BCUT2D eigenvalue weighted by atomic mass is 9.83. The highest BCUT2D eigenvalue weighted by Gasteiger charge is 2.30. The molecule has 1 nitrogen and oxygen atoms in total. The Morgan fingerprint density at radius 3 is 2.73 bits per heavy atom. The fourth-order valence-electron chi connectivity index (χ4n) is 2.27. The van der Waals surface area contributed by atoms with Crippen LogP contribution in [0.25, 0.3) is 0 Å². The van der Waals surface area contributed by atoms with Gasteiger partial charge < -0.3 is 5.32 Å². The molecule has 1 N–H and O–H groups in total. The first-order chi connectivity index (χ1) is 7.35. The minimum atomic E-state index is 0.210. The van der Waals surface area contributed by atoms with Crippen LogP contribution in [-0.2, 0) is 6.54 Å². The summed E-state index contributed by atoms with van der Waals surface area (Å²) in [6.45, 7) is 0.968. The monoisotopic (exact) mass is 243 g/mol. The van der Waals surface area contributed by atoms with Crippen molar-refractivity contribution >= 4 is 22.9 Å². The van der Waals surface area contributed by atoms with Gasteiger partial charge >= 0.3 is 0 Å². The van der Waals surface area contributed by atoms with E-state index in [9.17, 15) is 0 Å². The SMILES string of the molecule is ClCC1(NCc2ccsc2)CCCCC1. The summed E-state index contributed by atoms with van der Waals surface area (Å²) in [5, 5.41) is 8.00. The van der Waals surface area contributed by atoms with Gasteiger partial charge in [-0.2, -0.15) is 11.3 Å². The van der Waals surface area contributed by atoms with Crippen molar-refractivity contribution in [2.24, 2.45) is 0 Å². The Bertz CT molecular complexity index is 278. The van der Waals surface area contributed by atoms with E-state index < -0.39 is 0 Å². The molecule has 15 heavy (non-hydrogen) atoms. The third-order valence-electron chi connectivity index (χ3n) is 3.31. The van der Waals surface area contributed by atoms with Crippen molar-refractivity contribution in [3.8, 4) is 0 Å². The Balaban J connectivity index is 1.89. The number of nitrogens with one attached hydrogen (secondary N) is 1. The van der Waals surface area contributed by atoms with Crippen LogP contribution in [0.2, 0.25) is 0 Å². The maximum absolute atomic E-state index is 6.12. The second-order valence-corrected chi connectivity index (χ2v) is 5.51. The van der Waals surface area contributed by atoms with Crippen molar-refractivity contribution in [1.82, 2.24) is 5.32 Å². The summed E-state index contributed by atoms with van der Waals surface area (Å²) in [6, 6.07) is 2.18. The van der Waals surface area contributed by atoms with Crippen LogP contribution in [0.15, 0.2) is 16.8 Å². The molecule has 0 bridgehead atoms. The van der Waals surface area contributed by atoms with Crippen molar-refractivity contribution in [2.45, 2.75) is 44.2 Å². The molecule has 1 heterocycles. The number of alkyl halides is 1. The van der Waals surface area contributed by atoms with E-state index >= 15 is 0 Å². The minimum Gasteiger partial charge on any atom is -0.306 e. The van der Waals surface area contributed by atoms with Crippen LogP contribution in [0.5, 0.6) is 0 Å².